The van der Waals surface area contributed by atoms with E-state index in [9.17, 15) is 38.7 Å². The number of Topliss-reactive ketones (excluding diaryl/α,β-unsaturated/α-hetero) is 1. The summed E-state index contributed by atoms with van der Waals surface area (Å²) in [5.74, 6) is -2.87. The summed E-state index contributed by atoms with van der Waals surface area (Å²) in [5.41, 5.74) is 0. The molecule has 0 rings (SSSR count). The molecule has 2 atom stereocenters. The minimum Gasteiger partial charge on any atom is -0.481 e. The van der Waals surface area contributed by atoms with Gasteiger partial charge in [-0.25, -0.2) is 4.79 Å². The zero-order valence-corrected chi connectivity index (χ0v) is 36.7. The quantitative estimate of drug-likeness (QED) is 0.0464. The summed E-state index contributed by atoms with van der Waals surface area (Å²) in [6.45, 7) is 5.67. The molecular formula is C43H78N4O13. The van der Waals surface area contributed by atoms with Gasteiger partial charge in [-0.15, -0.1) is 0 Å². The van der Waals surface area contributed by atoms with Gasteiger partial charge < -0.3 is 50.4 Å². The number of aliphatic carboxylic acids is 2. The van der Waals surface area contributed by atoms with Crippen LogP contribution >= 0.6 is 0 Å². The van der Waals surface area contributed by atoms with E-state index < -0.39 is 18.0 Å². The van der Waals surface area contributed by atoms with Crippen LogP contribution in [0.5, 0.6) is 0 Å². The molecule has 0 aromatic carbocycles. The number of amides is 4. The van der Waals surface area contributed by atoms with Crippen LogP contribution in [-0.4, -0.2) is 130 Å². The van der Waals surface area contributed by atoms with Gasteiger partial charge in [0.2, 0.25) is 23.6 Å². The minimum absolute atomic E-state index is 0.0245. The van der Waals surface area contributed by atoms with Gasteiger partial charge in [0.1, 0.15) is 25.0 Å². The van der Waals surface area contributed by atoms with Crippen LogP contribution in [0.2, 0.25) is 0 Å². The summed E-state index contributed by atoms with van der Waals surface area (Å²) >= 11 is 0. The van der Waals surface area contributed by atoms with E-state index in [4.69, 9.17) is 24.1 Å². The average Bonchev–Trinajstić information content (AvgIpc) is 3.20. The number of hydrogen-bond donors (Lipinski definition) is 6. The van der Waals surface area contributed by atoms with Gasteiger partial charge in [0.25, 0.3) is 0 Å². The number of carbonyl (C=O) groups excluding carboxylic acids is 5. The lowest BCUT2D eigenvalue weighted by molar-refractivity contribution is -0.142. The van der Waals surface area contributed by atoms with Crippen molar-refractivity contribution in [3.05, 3.63) is 0 Å². The number of hydrogen-bond acceptors (Lipinski definition) is 11. The fraction of sp³-hybridized carbons (Fsp3) is 0.837. The lowest BCUT2D eigenvalue weighted by atomic mass is 10.0. The number of ether oxygens (including phenoxy) is 4. The molecule has 0 radical (unpaired) electrons. The van der Waals surface area contributed by atoms with Crippen molar-refractivity contribution in [3.63, 3.8) is 0 Å². The number of rotatable bonds is 44. The molecule has 0 saturated heterocycles. The highest BCUT2D eigenvalue weighted by Crippen LogP contribution is 2.14. The monoisotopic (exact) mass is 859 g/mol. The molecule has 6 N–H and O–H groups in total. The third kappa shape index (κ3) is 39.8. The van der Waals surface area contributed by atoms with E-state index in [-0.39, 0.29) is 127 Å². The van der Waals surface area contributed by atoms with Crippen molar-refractivity contribution >= 4 is 41.4 Å². The maximum absolute atomic E-state index is 12.3. The Morgan fingerprint density at radius 3 is 1.35 bits per heavy atom. The summed E-state index contributed by atoms with van der Waals surface area (Å²) in [6, 6.07) is -1.14. The van der Waals surface area contributed by atoms with E-state index in [1.165, 1.54) is 44.9 Å². The zero-order valence-electron chi connectivity index (χ0n) is 36.7. The second-order valence-corrected chi connectivity index (χ2v) is 15.2. The normalized spacial score (nSPS) is 12.0. The third-order valence-electron chi connectivity index (χ3n) is 9.77. The van der Waals surface area contributed by atoms with Crippen molar-refractivity contribution in [2.45, 2.75) is 155 Å². The van der Waals surface area contributed by atoms with Crippen LogP contribution in [0.25, 0.3) is 0 Å². The Morgan fingerprint density at radius 1 is 0.450 bits per heavy atom. The SMILES string of the molecule is CC(=O)[C@@H](C)CCCCNC(=O)COCCOCCNC(=O)COCCOCCNC(=O)CCC(NC(=O)CCCCCCCCCCCCCCCCC(=O)O)C(=O)O. The van der Waals surface area contributed by atoms with Crippen LogP contribution in [0.1, 0.15) is 149 Å². The number of unbranched alkanes of at least 4 members (excludes halogenated alkanes) is 14. The molecule has 0 heterocycles. The first kappa shape index (κ1) is 56.3. The number of ketones is 1. The van der Waals surface area contributed by atoms with E-state index in [0.717, 1.165) is 57.8 Å². The summed E-state index contributed by atoms with van der Waals surface area (Å²) < 4.78 is 21.3. The highest BCUT2D eigenvalue weighted by Gasteiger charge is 2.21. The first-order chi connectivity index (χ1) is 28.9. The Kier molecular flexibility index (Phi) is 38.2. The third-order valence-corrected chi connectivity index (χ3v) is 9.77. The van der Waals surface area contributed by atoms with Crippen LogP contribution in [0.15, 0.2) is 0 Å². The number of carbonyl (C=O) groups is 7. The fourth-order valence-electron chi connectivity index (χ4n) is 5.97. The van der Waals surface area contributed by atoms with Crippen molar-refractivity contribution in [2.24, 2.45) is 5.92 Å². The predicted octanol–water partition coefficient (Wildman–Crippen LogP) is 4.47. The van der Waals surface area contributed by atoms with Crippen LogP contribution in [0, 0.1) is 5.92 Å². The highest BCUT2D eigenvalue weighted by molar-refractivity contribution is 5.84. The summed E-state index contributed by atoms with van der Waals surface area (Å²) in [6.07, 6.45) is 18.0. The smallest absolute Gasteiger partial charge is 0.326 e. The van der Waals surface area contributed by atoms with Gasteiger partial charge in [-0.05, 0) is 39.0 Å². The molecule has 348 valence electrons. The van der Waals surface area contributed by atoms with E-state index >= 15 is 0 Å². The van der Waals surface area contributed by atoms with E-state index in [0.29, 0.717) is 13.0 Å². The minimum atomic E-state index is -1.18. The van der Waals surface area contributed by atoms with Gasteiger partial charge in [0.15, 0.2) is 0 Å². The second kappa shape index (κ2) is 40.7. The Balaban J connectivity index is 3.65. The lowest BCUT2D eigenvalue weighted by Crippen LogP contribution is -2.41. The van der Waals surface area contributed by atoms with Gasteiger partial charge >= 0.3 is 11.9 Å². The molecule has 0 aliphatic heterocycles. The van der Waals surface area contributed by atoms with E-state index in [1.807, 2.05) is 6.92 Å². The highest BCUT2D eigenvalue weighted by atomic mass is 16.5. The van der Waals surface area contributed by atoms with Crippen molar-refractivity contribution in [2.75, 3.05) is 72.5 Å². The molecule has 17 nitrogen and oxygen atoms in total. The summed E-state index contributed by atoms with van der Waals surface area (Å²) in [7, 11) is 0. The van der Waals surface area contributed by atoms with Crippen molar-refractivity contribution < 1.29 is 62.7 Å². The first-order valence-corrected chi connectivity index (χ1v) is 22.3. The molecule has 1 unspecified atom stereocenters. The van der Waals surface area contributed by atoms with Crippen molar-refractivity contribution in [1.29, 1.82) is 0 Å². The van der Waals surface area contributed by atoms with Gasteiger partial charge in [-0.1, -0.05) is 90.4 Å². The largest absolute Gasteiger partial charge is 0.481 e. The van der Waals surface area contributed by atoms with Crippen LogP contribution in [0.3, 0.4) is 0 Å². The molecule has 0 spiro atoms. The average molecular weight is 859 g/mol. The topological polar surface area (TPSA) is 245 Å². The Bertz CT molecular complexity index is 1170. The molecule has 60 heavy (non-hydrogen) atoms. The van der Waals surface area contributed by atoms with Gasteiger partial charge in [0, 0.05) is 44.8 Å². The van der Waals surface area contributed by atoms with Crippen LogP contribution in [0.4, 0.5) is 0 Å². The zero-order chi connectivity index (χ0) is 44.5. The predicted molar refractivity (Wildman–Crippen MR) is 226 cm³/mol. The number of carboxylic acids is 2. The molecule has 0 aromatic rings. The molecule has 0 bridgehead atoms. The maximum Gasteiger partial charge on any atom is 0.326 e. The standard InChI is InChI=1S/C43H78N4O13/c1-35(36(2)48)19-17-18-24-44-40(51)33-59-31-30-58-28-26-46-41(52)34-60-32-29-57-27-25-45-38(49)23-22-37(43(55)56)47-39(50)20-15-13-11-9-7-5-3-4-6-8-10-12-14-16-21-42(53)54/h35,37H,3-34H2,1-2H3,(H,44,51)(H,45,49)(H,46,52)(H,47,50)(H,53,54)(H,55,56)/t35-,37?/m0/s1. The summed E-state index contributed by atoms with van der Waals surface area (Å²) in [5, 5.41) is 28.8. The second-order valence-electron chi connectivity index (χ2n) is 15.2. The molecule has 0 saturated carbocycles. The number of carboxylic acid groups (broad SMARTS) is 2. The van der Waals surface area contributed by atoms with Crippen molar-refractivity contribution in [3.8, 4) is 0 Å². The van der Waals surface area contributed by atoms with Crippen LogP contribution < -0.4 is 21.3 Å². The molecule has 0 fully saturated rings. The molecular weight excluding hydrogens is 780 g/mol. The van der Waals surface area contributed by atoms with Crippen molar-refractivity contribution in [1.82, 2.24) is 21.3 Å². The van der Waals surface area contributed by atoms with Crippen LogP contribution in [-0.2, 0) is 52.5 Å². The first-order valence-electron chi connectivity index (χ1n) is 22.3. The number of nitrogens with one attached hydrogen (secondary N) is 4. The van der Waals surface area contributed by atoms with Gasteiger partial charge in [-0.3, -0.25) is 28.8 Å². The Morgan fingerprint density at radius 2 is 0.883 bits per heavy atom. The fourth-order valence-corrected chi connectivity index (χ4v) is 5.97. The maximum atomic E-state index is 12.3. The Labute approximate surface area is 357 Å². The molecule has 0 aromatic heterocycles. The molecule has 4 amide bonds. The lowest BCUT2D eigenvalue weighted by Gasteiger charge is -2.14. The van der Waals surface area contributed by atoms with E-state index in [1.54, 1.807) is 6.92 Å². The van der Waals surface area contributed by atoms with E-state index in [2.05, 4.69) is 21.3 Å². The molecule has 0 aliphatic carbocycles. The molecule has 0 aliphatic rings. The van der Waals surface area contributed by atoms with Gasteiger partial charge in [0.05, 0.1) is 39.6 Å². The molecule has 17 heteroatoms. The Hall–Kier alpha value is -3.67. The van der Waals surface area contributed by atoms with Gasteiger partial charge in [-0.2, -0.15) is 0 Å². The summed E-state index contributed by atoms with van der Waals surface area (Å²) in [4.78, 5) is 81.6.